The van der Waals surface area contributed by atoms with Gasteiger partial charge in [0, 0.05) is 5.69 Å². The lowest BCUT2D eigenvalue weighted by atomic mass is 10.4. The van der Waals surface area contributed by atoms with Gasteiger partial charge in [-0.15, -0.1) is 13.2 Å². The minimum absolute atomic E-state index is 0.237. The molecule has 22 heavy (non-hydrogen) atoms. The lowest BCUT2D eigenvalue weighted by molar-refractivity contribution is 0.0103. The molecule has 0 aliphatic rings. The highest BCUT2D eigenvalue weighted by molar-refractivity contribution is 9.10. The van der Waals surface area contributed by atoms with Crippen LogP contribution in [0.15, 0.2) is 39.4 Å². The first-order chi connectivity index (χ1) is 10.4. The molecule has 0 aromatic carbocycles. The SMILES string of the molecule is C=CCOC(C)n1c(C)c(Br)c(=O)n(C(C)OCC=C)c1=O. The molecule has 6 nitrogen and oxygen atoms in total. The Morgan fingerprint density at radius 1 is 1.09 bits per heavy atom. The van der Waals surface area contributed by atoms with E-state index in [1.807, 2.05) is 0 Å². The summed E-state index contributed by atoms with van der Waals surface area (Å²) in [7, 11) is 0. The maximum atomic E-state index is 12.7. The number of rotatable bonds is 8. The molecule has 0 saturated heterocycles. The van der Waals surface area contributed by atoms with Crippen molar-refractivity contribution >= 4 is 15.9 Å². The van der Waals surface area contributed by atoms with Gasteiger partial charge in [0.2, 0.25) is 0 Å². The number of nitrogens with zero attached hydrogens (tertiary/aromatic N) is 2. The van der Waals surface area contributed by atoms with Crippen molar-refractivity contribution in [3.8, 4) is 0 Å². The van der Waals surface area contributed by atoms with Gasteiger partial charge in [0.1, 0.15) is 16.9 Å². The van der Waals surface area contributed by atoms with Gasteiger partial charge >= 0.3 is 5.69 Å². The molecular formula is C15H21BrN2O4. The van der Waals surface area contributed by atoms with Crippen molar-refractivity contribution < 1.29 is 9.47 Å². The summed E-state index contributed by atoms with van der Waals surface area (Å²) >= 11 is 3.24. The van der Waals surface area contributed by atoms with Crippen LogP contribution in [0.1, 0.15) is 32.0 Å². The van der Waals surface area contributed by atoms with Crippen LogP contribution in [0.25, 0.3) is 0 Å². The molecule has 1 heterocycles. The zero-order valence-corrected chi connectivity index (χ0v) is 14.6. The Labute approximate surface area is 137 Å². The number of hydrogen-bond acceptors (Lipinski definition) is 4. The van der Waals surface area contributed by atoms with Crippen molar-refractivity contribution in [3.63, 3.8) is 0 Å². The average molecular weight is 373 g/mol. The van der Waals surface area contributed by atoms with Gasteiger partial charge in [0.05, 0.1) is 13.2 Å². The van der Waals surface area contributed by atoms with Gasteiger partial charge in [-0.1, -0.05) is 12.2 Å². The topological polar surface area (TPSA) is 62.5 Å². The summed E-state index contributed by atoms with van der Waals surface area (Å²) in [6, 6.07) is 0. The summed E-state index contributed by atoms with van der Waals surface area (Å²) in [6.07, 6.45) is 1.89. The number of halogens is 1. The molecule has 0 N–H and O–H groups in total. The van der Waals surface area contributed by atoms with Crippen LogP contribution in [0.5, 0.6) is 0 Å². The molecule has 1 aromatic heterocycles. The van der Waals surface area contributed by atoms with Crippen LogP contribution in [-0.4, -0.2) is 22.3 Å². The summed E-state index contributed by atoms with van der Waals surface area (Å²) < 4.78 is 13.7. The first kappa shape index (κ1) is 18.6. The molecule has 0 fully saturated rings. The first-order valence-electron chi connectivity index (χ1n) is 6.84. The fourth-order valence-electron chi connectivity index (χ4n) is 2.03. The second kappa shape index (κ2) is 8.26. The van der Waals surface area contributed by atoms with Gasteiger partial charge in [-0.3, -0.25) is 9.36 Å². The molecule has 122 valence electrons. The molecular weight excluding hydrogens is 352 g/mol. The maximum Gasteiger partial charge on any atom is 0.335 e. The molecule has 0 aliphatic carbocycles. The summed E-state index contributed by atoms with van der Waals surface area (Å²) in [5.41, 5.74) is -0.427. The third-order valence-electron chi connectivity index (χ3n) is 3.14. The molecule has 0 bridgehead atoms. The van der Waals surface area contributed by atoms with Gasteiger partial charge in [0.15, 0.2) is 0 Å². The predicted octanol–water partition coefficient (Wildman–Crippen LogP) is 2.52. The van der Waals surface area contributed by atoms with E-state index in [2.05, 4.69) is 29.1 Å². The fourth-order valence-corrected chi connectivity index (χ4v) is 2.41. The molecule has 7 heteroatoms. The molecule has 0 amide bonds. The van der Waals surface area contributed by atoms with E-state index < -0.39 is 23.7 Å². The number of hydrogen-bond donors (Lipinski definition) is 0. The number of aromatic nitrogens is 2. The molecule has 2 atom stereocenters. The van der Waals surface area contributed by atoms with Crippen LogP contribution in [0.3, 0.4) is 0 Å². The van der Waals surface area contributed by atoms with Gasteiger partial charge in [-0.2, -0.15) is 0 Å². The molecule has 0 spiro atoms. The molecule has 0 radical (unpaired) electrons. The van der Waals surface area contributed by atoms with Crippen molar-refractivity contribution in [1.82, 2.24) is 9.13 Å². The van der Waals surface area contributed by atoms with E-state index in [0.29, 0.717) is 16.8 Å². The Hall–Kier alpha value is -1.44. The Kier molecular flexibility index (Phi) is 6.99. The minimum Gasteiger partial charge on any atom is -0.354 e. The molecule has 2 unspecified atom stereocenters. The summed E-state index contributed by atoms with van der Waals surface area (Å²) in [5.74, 6) is 0. The Balaban J connectivity index is 3.43. The van der Waals surface area contributed by atoms with Crippen LogP contribution in [0, 0.1) is 6.92 Å². The lowest BCUT2D eigenvalue weighted by Gasteiger charge is -2.22. The van der Waals surface area contributed by atoms with E-state index in [0.717, 1.165) is 4.57 Å². The Morgan fingerprint density at radius 2 is 1.55 bits per heavy atom. The van der Waals surface area contributed by atoms with Crippen molar-refractivity contribution in [2.24, 2.45) is 0 Å². The van der Waals surface area contributed by atoms with Gasteiger partial charge in [0.25, 0.3) is 5.56 Å². The van der Waals surface area contributed by atoms with E-state index in [1.54, 1.807) is 32.9 Å². The van der Waals surface area contributed by atoms with Crippen LogP contribution >= 0.6 is 15.9 Å². The van der Waals surface area contributed by atoms with Gasteiger partial charge in [-0.25, -0.2) is 9.36 Å². The number of ether oxygens (including phenoxy) is 2. The average Bonchev–Trinajstić information content (AvgIpc) is 2.48. The summed E-state index contributed by atoms with van der Waals surface area (Å²) in [6.45, 7) is 12.7. The largest absolute Gasteiger partial charge is 0.354 e. The predicted molar refractivity (Wildman–Crippen MR) is 89.1 cm³/mol. The second-order valence-corrected chi connectivity index (χ2v) is 5.46. The lowest BCUT2D eigenvalue weighted by Crippen LogP contribution is -2.45. The van der Waals surface area contributed by atoms with Crippen LogP contribution in [0.2, 0.25) is 0 Å². The Bertz CT molecular complexity index is 663. The highest BCUT2D eigenvalue weighted by Crippen LogP contribution is 2.15. The van der Waals surface area contributed by atoms with E-state index in [9.17, 15) is 9.59 Å². The Morgan fingerprint density at radius 3 is 2.00 bits per heavy atom. The first-order valence-corrected chi connectivity index (χ1v) is 7.64. The highest BCUT2D eigenvalue weighted by Gasteiger charge is 2.21. The molecule has 0 saturated carbocycles. The van der Waals surface area contributed by atoms with Crippen LogP contribution in [0.4, 0.5) is 0 Å². The molecule has 1 aromatic rings. The van der Waals surface area contributed by atoms with Crippen LogP contribution in [-0.2, 0) is 9.47 Å². The standard InChI is InChI=1S/C15H21BrN2O4/c1-6-8-21-11(4)17-10(3)13(16)14(19)18(15(17)20)12(5)22-9-7-2/h6-7,11-12H,1-2,8-9H2,3-5H3. The van der Waals surface area contributed by atoms with E-state index in [-0.39, 0.29) is 6.61 Å². The zero-order valence-electron chi connectivity index (χ0n) is 13.0. The third-order valence-corrected chi connectivity index (χ3v) is 4.05. The molecule has 1 rings (SSSR count). The monoisotopic (exact) mass is 372 g/mol. The van der Waals surface area contributed by atoms with Gasteiger partial charge < -0.3 is 9.47 Å². The zero-order chi connectivity index (χ0) is 16.9. The smallest absolute Gasteiger partial charge is 0.335 e. The summed E-state index contributed by atoms with van der Waals surface area (Å²) in [4.78, 5) is 25.0. The van der Waals surface area contributed by atoms with E-state index in [1.165, 1.54) is 4.57 Å². The normalized spacial score (nSPS) is 13.6. The van der Waals surface area contributed by atoms with Crippen molar-refractivity contribution in [2.45, 2.75) is 33.2 Å². The second-order valence-electron chi connectivity index (χ2n) is 4.67. The third kappa shape index (κ3) is 3.85. The van der Waals surface area contributed by atoms with Gasteiger partial charge in [-0.05, 0) is 36.7 Å². The van der Waals surface area contributed by atoms with E-state index >= 15 is 0 Å². The van der Waals surface area contributed by atoms with Crippen molar-refractivity contribution in [2.75, 3.05) is 13.2 Å². The fraction of sp³-hybridized carbons (Fsp3) is 0.467. The van der Waals surface area contributed by atoms with Crippen molar-refractivity contribution in [3.05, 3.63) is 56.3 Å². The minimum atomic E-state index is -0.715. The molecule has 0 aliphatic heterocycles. The summed E-state index contributed by atoms with van der Waals surface area (Å²) in [5, 5.41) is 0. The van der Waals surface area contributed by atoms with E-state index in [4.69, 9.17) is 9.47 Å². The quantitative estimate of drug-likeness (QED) is 0.657. The van der Waals surface area contributed by atoms with Crippen LogP contribution < -0.4 is 11.2 Å². The van der Waals surface area contributed by atoms with Crippen molar-refractivity contribution in [1.29, 1.82) is 0 Å². The highest BCUT2D eigenvalue weighted by atomic mass is 79.9. The maximum absolute atomic E-state index is 12.7.